The predicted molar refractivity (Wildman–Crippen MR) is 109 cm³/mol. The molecule has 0 aliphatic carbocycles. The highest BCUT2D eigenvalue weighted by Gasteiger charge is 2.37. The number of hydrogen-bond acceptors (Lipinski definition) is 7. The Morgan fingerprint density at radius 2 is 1.80 bits per heavy atom. The molecular formula is C20H25N3O6S. The van der Waals surface area contributed by atoms with Crippen molar-refractivity contribution in [3.63, 3.8) is 0 Å². The third kappa shape index (κ3) is 5.70. The van der Waals surface area contributed by atoms with Gasteiger partial charge in [-0.3, -0.25) is 0 Å². The van der Waals surface area contributed by atoms with E-state index in [4.69, 9.17) is 14.6 Å². The molecular weight excluding hydrogens is 410 g/mol. The van der Waals surface area contributed by atoms with E-state index in [0.29, 0.717) is 18.5 Å². The molecule has 5 N–H and O–H groups in total. The summed E-state index contributed by atoms with van der Waals surface area (Å²) in [6, 6.07) is 13.2. The van der Waals surface area contributed by atoms with Gasteiger partial charge in [-0.05, 0) is 41.8 Å². The van der Waals surface area contributed by atoms with Gasteiger partial charge in [0.25, 0.3) is 0 Å². The smallest absolute Gasteiger partial charge is 0.407 e. The van der Waals surface area contributed by atoms with E-state index in [-0.39, 0.29) is 17.5 Å². The van der Waals surface area contributed by atoms with E-state index in [1.807, 2.05) is 24.3 Å². The monoisotopic (exact) mass is 435 g/mol. The van der Waals surface area contributed by atoms with Crippen LogP contribution in [-0.4, -0.2) is 51.5 Å². The molecule has 0 bridgehead atoms. The van der Waals surface area contributed by atoms with Crippen molar-refractivity contribution in [2.75, 3.05) is 13.7 Å². The Balaban J connectivity index is 1.54. The number of nitrogens with one attached hydrogen (secondary N) is 2. The molecule has 3 rings (SSSR count). The fourth-order valence-electron chi connectivity index (χ4n) is 3.27. The standard InChI is InChI=1S/C20H25N3O6S/c1-28-15-6-2-13(3-7-15)10-17-19(18(24)12-22-17)29-20(25)23-11-14-4-8-16(9-5-14)30(21,26)27/h2-9,17-19,22,24H,10-12H2,1H3,(H,23,25)(H2,21,26,27)/t17-,18+,19+/m1/s1. The highest BCUT2D eigenvalue weighted by Crippen LogP contribution is 2.19. The van der Waals surface area contributed by atoms with Gasteiger partial charge in [-0.15, -0.1) is 0 Å². The molecule has 30 heavy (non-hydrogen) atoms. The topological polar surface area (TPSA) is 140 Å². The molecule has 1 amide bonds. The maximum absolute atomic E-state index is 12.2. The van der Waals surface area contributed by atoms with E-state index in [2.05, 4.69) is 10.6 Å². The number of aliphatic hydroxyl groups excluding tert-OH is 1. The minimum absolute atomic E-state index is 0.00430. The first-order valence-corrected chi connectivity index (χ1v) is 10.9. The Morgan fingerprint density at radius 1 is 1.17 bits per heavy atom. The highest BCUT2D eigenvalue weighted by atomic mass is 32.2. The third-order valence-electron chi connectivity index (χ3n) is 4.91. The van der Waals surface area contributed by atoms with Gasteiger partial charge in [0, 0.05) is 13.1 Å². The van der Waals surface area contributed by atoms with Crippen LogP contribution in [0.25, 0.3) is 0 Å². The number of carbonyl (C=O) groups is 1. The van der Waals surface area contributed by atoms with Crippen molar-refractivity contribution < 1.29 is 27.8 Å². The van der Waals surface area contributed by atoms with Crippen molar-refractivity contribution in [3.8, 4) is 5.75 Å². The van der Waals surface area contributed by atoms with Gasteiger partial charge in [0.2, 0.25) is 10.0 Å². The van der Waals surface area contributed by atoms with Crippen molar-refractivity contribution in [2.45, 2.75) is 36.1 Å². The lowest BCUT2D eigenvalue weighted by Crippen LogP contribution is -2.41. The largest absolute Gasteiger partial charge is 0.497 e. The minimum Gasteiger partial charge on any atom is -0.497 e. The average Bonchev–Trinajstić information content (AvgIpc) is 3.06. The second-order valence-electron chi connectivity index (χ2n) is 7.05. The highest BCUT2D eigenvalue weighted by molar-refractivity contribution is 7.89. The summed E-state index contributed by atoms with van der Waals surface area (Å²) in [5.74, 6) is 0.752. The molecule has 1 fully saturated rings. The van der Waals surface area contributed by atoms with Crippen LogP contribution in [0.4, 0.5) is 4.79 Å². The van der Waals surface area contributed by atoms with E-state index in [1.54, 1.807) is 19.2 Å². The van der Waals surface area contributed by atoms with Crippen LogP contribution < -0.4 is 20.5 Å². The number of carbonyl (C=O) groups excluding carboxylic acids is 1. The molecule has 0 radical (unpaired) electrons. The van der Waals surface area contributed by atoms with Crippen molar-refractivity contribution in [2.24, 2.45) is 5.14 Å². The van der Waals surface area contributed by atoms with E-state index in [0.717, 1.165) is 11.3 Å². The Hall–Kier alpha value is -2.66. The van der Waals surface area contributed by atoms with Gasteiger partial charge >= 0.3 is 6.09 Å². The van der Waals surface area contributed by atoms with Crippen LogP contribution >= 0.6 is 0 Å². The summed E-state index contributed by atoms with van der Waals surface area (Å²) in [4.78, 5) is 12.2. The van der Waals surface area contributed by atoms with E-state index >= 15 is 0 Å². The van der Waals surface area contributed by atoms with Gasteiger partial charge in [-0.2, -0.15) is 0 Å². The number of sulfonamides is 1. The number of methoxy groups -OCH3 is 1. The molecule has 0 spiro atoms. The predicted octanol–water partition coefficient (Wildman–Crippen LogP) is 0.513. The first-order chi connectivity index (χ1) is 14.3. The SMILES string of the molecule is COc1ccc(C[C@H]2NC[C@H](O)[C@H]2OC(=O)NCc2ccc(S(N)(=O)=O)cc2)cc1. The van der Waals surface area contributed by atoms with E-state index in [9.17, 15) is 18.3 Å². The first kappa shape index (κ1) is 22.0. The number of benzene rings is 2. The lowest BCUT2D eigenvalue weighted by atomic mass is 10.0. The van der Waals surface area contributed by atoms with Crippen molar-refractivity contribution >= 4 is 16.1 Å². The van der Waals surface area contributed by atoms with E-state index in [1.165, 1.54) is 12.1 Å². The number of amides is 1. The van der Waals surface area contributed by atoms with Crippen LogP contribution in [0.5, 0.6) is 5.75 Å². The molecule has 9 nitrogen and oxygen atoms in total. The van der Waals surface area contributed by atoms with E-state index < -0.39 is 28.3 Å². The maximum atomic E-state index is 12.2. The van der Waals surface area contributed by atoms with Gasteiger partial charge in [-0.1, -0.05) is 24.3 Å². The lowest BCUT2D eigenvalue weighted by Gasteiger charge is -2.22. The zero-order valence-corrected chi connectivity index (χ0v) is 17.3. The first-order valence-electron chi connectivity index (χ1n) is 9.37. The van der Waals surface area contributed by atoms with Crippen molar-refractivity contribution in [1.82, 2.24) is 10.6 Å². The molecule has 10 heteroatoms. The molecule has 0 saturated carbocycles. The number of primary sulfonamides is 1. The second kappa shape index (κ2) is 9.43. The Kier molecular flexibility index (Phi) is 6.93. The molecule has 2 aromatic carbocycles. The van der Waals surface area contributed by atoms with Gasteiger partial charge in [0.1, 0.15) is 18.0 Å². The van der Waals surface area contributed by atoms with Crippen LogP contribution in [0, 0.1) is 0 Å². The normalized spacial score (nSPS) is 21.2. The van der Waals surface area contributed by atoms with Crippen LogP contribution in [0.3, 0.4) is 0 Å². The van der Waals surface area contributed by atoms with Crippen LogP contribution in [0.1, 0.15) is 11.1 Å². The maximum Gasteiger partial charge on any atom is 0.407 e. The number of β-amino-alcohol motifs (C(OH)–C–C–N with tert-alkyl or cyclic N) is 1. The number of aliphatic hydroxyl groups is 1. The summed E-state index contributed by atoms with van der Waals surface area (Å²) in [6.07, 6.45) is -1.60. The number of alkyl carbamates (subject to hydrolysis) is 1. The zero-order valence-electron chi connectivity index (χ0n) is 16.4. The van der Waals surface area contributed by atoms with Crippen molar-refractivity contribution in [3.05, 3.63) is 59.7 Å². The summed E-state index contributed by atoms with van der Waals surface area (Å²) in [7, 11) is -2.16. The third-order valence-corrected chi connectivity index (χ3v) is 5.84. The Morgan fingerprint density at radius 3 is 2.40 bits per heavy atom. The average molecular weight is 436 g/mol. The summed E-state index contributed by atoms with van der Waals surface area (Å²) >= 11 is 0. The zero-order chi connectivity index (χ0) is 21.7. The number of nitrogens with two attached hydrogens (primary N) is 1. The van der Waals surface area contributed by atoms with Gasteiger partial charge < -0.3 is 25.2 Å². The second-order valence-corrected chi connectivity index (χ2v) is 8.61. The molecule has 1 heterocycles. The molecule has 0 aromatic heterocycles. The number of hydrogen-bond donors (Lipinski definition) is 4. The lowest BCUT2D eigenvalue weighted by molar-refractivity contribution is 0.0188. The summed E-state index contributed by atoms with van der Waals surface area (Å²) in [5, 5.41) is 21.1. The molecule has 1 aliphatic rings. The number of rotatable bonds is 7. The molecule has 2 aromatic rings. The summed E-state index contributed by atoms with van der Waals surface area (Å²) < 4.78 is 33.2. The Labute approximate surface area is 175 Å². The van der Waals surface area contributed by atoms with Crippen molar-refractivity contribution in [1.29, 1.82) is 0 Å². The fourth-order valence-corrected chi connectivity index (χ4v) is 3.79. The fraction of sp³-hybridized carbons (Fsp3) is 0.350. The Bertz CT molecular complexity index is 963. The van der Waals surface area contributed by atoms with Gasteiger partial charge in [0.05, 0.1) is 18.0 Å². The molecule has 3 atom stereocenters. The number of ether oxygens (including phenoxy) is 2. The summed E-state index contributed by atoms with van der Waals surface area (Å²) in [5.41, 5.74) is 1.70. The molecule has 1 aliphatic heterocycles. The van der Waals surface area contributed by atoms with Gasteiger partial charge in [0.15, 0.2) is 0 Å². The summed E-state index contributed by atoms with van der Waals surface area (Å²) in [6.45, 7) is 0.469. The molecule has 1 saturated heterocycles. The van der Waals surface area contributed by atoms with Crippen LogP contribution in [0.2, 0.25) is 0 Å². The molecule has 0 unspecified atom stereocenters. The molecule has 162 valence electrons. The van der Waals surface area contributed by atoms with Crippen LogP contribution in [-0.2, 0) is 27.7 Å². The minimum atomic E-state index is -3.76. The van der Waals surface area contributed by atoms with Crippen LogP contribution in [0.15, 0.2) is 53.4 Å². The quantitative estimate of drug-likeness (QED) is 0.497. The van der Waals surface area contributed by atoms with Gasteiger partial charge in [-0.25, -0.2) is 18.4 Å².